The number of benzene rings is 2. The van der Waals surface area contributed by atoms with Gasteiger partial charge < -0.3 is 13.9 Å². The van der Waals surface area contributed by atoms with Crippen LogP contribution in [0.25, 0.3) is 5.52 Å². The number of carbonyl (C=O) groups is 2. The zero-order valence-electron chi connectivity index (χ0n) is 25.2. The van der Waals surface area contributed by atoms with E-state index in [0.717, 1.165) is 41.6 Å². The SMILES string of the molecule is CCCCC(Oc1ccc(C(=O)c2cc(CCCC(=O)OCC)n3ccccc23)cc1)c1ccc(CC(C)C)c(F)c1. The molecule has 0 aliphatic carbocycles. The van der Waals surface area contributed by atoms with Crippen LogP contribution in [0.5, 0.6) is 5.75 Å². The fourth-order valence-corrected chi connectivity index (χ4v) is 5.30. The number of ketones is 1. The number of esters is 1. The molecule has 1 unspecified atom stereocenters. The van der Waals surface area contributed by atoms with Crippen molar-refractivity contribution in [1.82, 2.24) is 4.40 Å². The van der Waals surface area contributed by atoms with Gasteiger partial charge in [0.2, 0.25) is 0 Å². The number of hydrogen-bond acceptors (Lipinski definition) is 4. The number of nitrogens with zero attached hydrogens (tertiary/aromatic N) is 1. The van der Waals surface area contributed by atoms with Gasteiger partial charge in [0.1, 0.15) is 17.7 Å². The van der Waals surface area contributed by atoms with Gasteiger partial charge in [-0.1, -0.05) is 45.4 Å². The molecule has 0 spiro atoms. The molecule has 0 aliphatic rings. The molecule has 2 heterocycles. The normalized spacial score (nSPS) is 12.0. The Morgan fingerprint density at radius 1 is 0.952 bits per heavy atom. The summed E-state index contributed by atoms with van der Waals surface area (Å²) >= 11 is 0. The molecule has 4 rings (SSSR count). The van der Waals surface area contributed by atoms with E-state index in [9.17, 15) is 14.0 Å². The first-order chi connectivity index (χ1) is 20.3. The first-order valence-electron chi connectivity index (χ1n) is 15.1. The van der Waals surface area contributed by atoms with Crippen LogP contribution in [0.4, 0.5) is 4.39 Å². The quantitative estimate of drug-likeness (QED) is 0.106. The van der Waals surface area contributed by atoms with Gasteiger partial charge in [-0.05, 0) is 105 Å². The fourth-order valence-electron chi connectivity index (χ4n) is 5.30. The van der Waals surface area contributed by atoms with Gasteiger partial charge in [-0.3, -0.25) is 9.59 Å². The molecule has 0 saturated heterocycles. The minimum Gasteiger partial charge on any atom is -0.486 e. The molecule has 0 radical (unpaired) electrons. The van der Waals surface area contributed by atoms with Crippen LogP contribution < -0.4 is 4.74 Å². The average Bonchev–Trinajstić information content (AvgIpc) is 3.35. The van der Waals surface area contributed by atoms with Crippen molar-refractivity contribution in [2.24, 2.45) is 5.92 Å². The summed E-state index contributed by atoms with van der Waals surface area (Å²) in [7, 11) is 0. The van der Waals surface area contributed by atoms with Crippen LogP contribution in [0.15, 0.2) is 72.9 Å². The lowest BCUT2D eigenvalue weighted by molar-refractivity contribution is -0.143. The molecule has 2 aromatic carbocycles. The highest BCUT2D eigenvalue weighted by atomic mass is 19.1. The van der Waals surface area contributed by atoms with E-state index < -0.39 is 0 Å². The molecule has 0 amide bonds. The van der Waals surface area contributed by atoms with Gasteiger partial charge >= 0.3 is 5.97 Å². The Morgan fingerprint density at radius 3 is 2.43 bits per heavy atom. The second-order valence-electron chi connectivity index (χ2n) is 11.2. The van der Waals surface area contributed by atoms with Crippen LogP contribution >= 0.6 is 0 Å². The van der Waals surface area contributed by atoms with Crippen LogP contribution in [0, 0.1) is 11.7 Å². The maximum atomic E-state index is 14.9. The number of hydrogen-bond donors (Lipinski definition) is 0. The predicted octanol–water partition coefficient (Wildman–Crippen LogP) is 8.70. The Kier molecular flexibility index (Phi) is 10.9. The largest absolute Gasteiger partial charge is 0.486 e. The molecule has 1 atom stereocenters. The minimum atomic E-state index is -0.276. The molecule has 6 heteroatoms. The summed E-state index contributed by atoms with van der Waals surface area (Å²) in [4.78, 5) is 25.4. The third kappa shape index (κ3) is 7.87. The summed E-state index contributed by atoms with van der Waals surface area (Å²) in [6.07, 6.45) is 6.75. The summed E-state index contributed by atoms with van der Waals surface area (Å²) < 4.78 is 28.3. The average molecular weight is 572 g/mol. The molecule has 5 nitrogen and oxygen atoms in total. The van der Waals surface area contributed by atoms with E-state index in [0.29, 0.717) is 55.1 Å². The summed E-state index contributed by atoms with van der Waals surface area (Å²) in [5.74, 6) is 0.550. The minimum absolute atomic E-state index is 0.0766. The number of halogens is 1. The topological polar surface area (TPSA) is 57.0 Å². The lowest BCUT2D eigenvalue weighted by Crippen LogP contribution is -2.09. The number of unbranched alkanes of at least 4 members (excludes halogenated alkanes) is 1. The van der Waals surface area contributed by atoms with E-state index in [2.05, 4.69) is 20.8 Å². The highest BCUT2D eigenvalue weighted by Crippen LogP contribution is 2.30. The van der Waals surface area contributed by atoms with Gasteiger partial charge in [-0.2, -0.15) is 0 Å². The molecule has 2 aromatic heterocycles. The van der Waals surface area contributed by atoms with Crippen molar-refractivity contribution < 1.29 is 23.5 Å². The summed E-state index contributed by atoms with van der Waals surface area (Å²) in [6, 6.07) is 20.4. The van der Waals surface area contributed by atoms with Gasteiger partial charge in [0.05, 0.1) is 12.1 Å². The van der Waals surface area contributed by atoms with E-state index in [1.807, 2.05) is 59.1 Å². The number of carbonyl (C=O) groups excluding carboxylic acids is 2. The Morgan fingerprint density at radius 2 is 1.74 bits per heavy atom. The van der Waals surface area contributed by atoms with Gasteiger partial charge in [0.15, 0.2) is 5.78 Å². The fraction of sp³-hybridized carbons (Fsp3) is 0.389. The molecule has 0 fully saturated rings. The smallest absolute Gasteiger partial charge is 0.305 e. The highest BCUT2D eigenvalue weighted by molar-refractivity contribution is 6.13. The van der Waals surface area contributed by atoms with Crippen molar-refractivity contribution in [3.8, 4) is 5.75 Å². The molecular formula is C36H42FNO4. The monoisotopic (exact) mass is 571 g/mol. The van der Waals surface area contributed by atoms with Crippen LogP contribution in [0.2, 0.25) is 0 Å². The third-order valence-corrected chi connectivity index (χ3v) is 7.41. The molecule has 0 aliphatic heterocycles. The lowest BCUT2D eigenvalue weighted by atomic mass is 9.97. The second kappa shape index (κ2) is 14.8. The third-order valence-electron chi connectivity index (χ3n) is 7.41. The Balaban J connectivity index is 1.50. The van der Waals surface area contributed by atoms with E-state index in [4.69, 9.17) is 9.47 Å². The molecule has 4 aromatic rings. The van der Waals surface area contributed by atoms with E-state index in [1.165, 1.54) is 0 Å². The van der Waals surface area contributed by atoms with Crippen molar-refractivity contribution in [2.75, 3.05) is 6.61 Å². The Hall–Kier alpha value is -3.93. The maximum absolute atomic E-state index is 14.9. The predicted molar refractivity (Wildman–Crippen MR) is 165 cm³/mol. The summed E-state index contributed by atoms with van der Waals surface area (Å²) in [5.41, 5.74) is 4.54. The molecule has 0 saturated carbocycles. The zero-order chi connectivity index (χ0) is 30.1. The van der Waals surface area contributed by atoms with Gasteiger partial charge in [0, 0.05) is 29.4 Å². The van der Waals surface area contributed by atoms with Crippen LogP contribution in [0.1, 0.15) is 98.6 Å². The maximum Gasteiger partial charge on any atom is 0.305 e. The molecular weight excluding hydrogens is 529 g/mol. The van der Waals surface area contributed by atoms with Crippen molar-refractivity contribution in [3.05, 3.63) is 107 Å². The number of ether oxygens (including phenoxy) is 2. The van der Waals surface area contributed by atoms with Crippen molar-refractivity contribution in [2.45, 2.75) is 78.7 Å². The van der Waals surface area contributed by atoms with Crippen LogP contribution in [-0.4, -0.2) is 22.8 Å². The van der Waals surface area contributed by atoms with E-state index in [-0.39, 0.29) is 23.7 Å². The van der Waals surface area contributed by atoms with Crippen LogP contribution in [0.3, 0.4) is 0 Å². The van der Waals surface area contributed by atoms with Gasteiger partial charge in [-0.25, -0.2) is 4.39 Å². The van der Waals surface area contributed by atoms with E-state index >= 15 is 0 Å². The highest BCUT2D eigenvalue weighted by Gasteiger charge is 2.19. The van der Waals surface area contributed by atoms with Crippen LogP contribution in [-0.2, 0) is 22.4 Å². The van der Waals surface area contributed by atoms with Gasteiger partial charge in [0.25, 0.3) is 0 Å². The van der Waals surface area contributed by atoms with Crippen molar-refractivity contribution in [1.29, 1.82) is 0 Å². The summed E-state index contributed by atoms with van der Waals surface area (Å²) in [6.45, 7) is 8.47. The van der Waals surface area contributed by atoms with Crippen molar-refractivity contribution >= 4 is 17.3 Å². The lowest BCUT2D eigenvalue weighted by Gasteiger charge is -2.20. The molecule has 0 N–H and O–H groups in total. The summed E-state index contributed by atoms with van der Waals surface area (Å²) in [5, 5.41) is 0. The van der Waals surface area contributed by atoms with Crippen molar-refractivity contribution in [3.63, 3.8) is 0 Å². The molecule has 0 bridgehead atoms. The Labute approximate surface area is 248 Å². The number of aryl methyl sites for hydroxylation is 1. The number of aromatic nitrogens is 1. The second-order valence-corrected chi connectivity index (χ2v) is 11.2. The number of pyridine rings is 1. The zero-order valence-corrected chi connectivity index (χ0v) is 25.2. The standard InChI is InChI=1S/C36H42FNO4/c1-5-7-13-34(28-16-15-27(22-25(3)4)32(37)23-28)42-30-19-17-26(18-20-30)36(40)31-24-29(11-10-14-35(39)41-6-2)38-21-9-8-12-33(31)38/h8-9,12,15-21,23-25,34H,5-7,10-11,13-14,22H2,1-4H3. The number of rotatable bonds is 15. The first-order valence-corrected chi connectivity index (χ1v) is 15.1. The van der Waals surface area contributed by atoms with E-state index in [1.54, 1.807) is 25.1 Å². The van der Waals surface area contributed by atoms with Gasteiger partial charge in [-0.15, -0.1) is 0 Å². The number of fused-ring (bicyclic) bond motifs is 1. The first kappa shape index (κ1) is 31.0. The molecule has 42 heavy (non-hydrogen) atoms. The molecule has 222 valence electrons. The Bertz CT molecular complexity index is 1490.